The summed E-state index contributed by atoms with van der Waals surface area (Å²) in [5.74, 6) is -0.224. The van der Waals surface area contributed by atoms with Gasteiger partial charge in [-0.05, 0) is 30.7 Å². The molecule has 0 saturated carbocycles. The minimum absolute atomic E-state index is 0.126. The van der Waals surface area contributed by atoms with Crippen molar-refractivity contribution in [3.63, 3.8) is 0 Å². The molecule has 0 amide bonds. The summed E-state index contributed by atoms with van der Waals surface area (Å²) in [6, 6.07) is 6.40. The molecule has 0 aliphatic heterocycles. The molecule has 0 aromatic heterocycles. The number of hydrogen-bond donors (Lipinski definition) is 1. The standard InChI is InChI=1S/C12H18FNO/c1-2-3-8-14(9-10-15)12-6-4-11(13)5-7-12/h4-7,15H,2-3,8-10H2,1H3. The SMILES string of the molecule is CCCCN(CCO)c1ccc(F)cc1. The molecule has 0 fully saturated rings. The van der Waals surface area contributed by atoms with E-state index in [1.807, 2.05) is 0 Å². The molecule has 0 radical (unpaired) electrons. The van der Waals surface area contributed by atoms with E-state index in [1.54, 1.807) is 12.1 Å². The molecule has 3 heteroatoms. The molecule has 84 valence electrons. The van der Waals surface area contributed by atoms with Gasteiger partial charge >= 0.3 is 0 Å². The van der Waals surface area contributed by atoms with Crippen molar-refractivity contribution >= 4 is 5.69 Å². The fourth-order valence-electron chi connectivity index (χ4n) is 1.49. The Morgan fingerprint density at radius 3 is 2.40 bits per heavy atom. The van der Waals surface area contributed by atoms with Crippen molar-refractivity contribution in [2.45, 2.75) is 19.8 Å². The van der Waals surface area contributed by atoms with Crippen LogP contribution in [0, 0.1) is 5.82 Å². The predicted octanol–water partition coefficient (Wildman–Crippen LogP) is 2.42. The van der Waals surface area contributed by atoms with E-state index in [1.165, 1.54) is 12.1 Å². The monoisotopic (exact) mass is 211 g/mol. The average Bonchev–Trinajstić information content (AvgIpc) is 2.25. The second-order valence-corrected chi connectivity index (χ2v) is 3.54. The Morgan fingerprint density at radius 2 is 1.87 bits per heavy atom. The van der Waals surface area contributed by atoms with E-state index in [2.05, 4.69) is 11.8 Å². The van der Waals surface area contributed by atoms with Gasteiger partial charge in [-0.25, -0.2) is 4.39 Å². The number of aliphatic hydroxyl groups is 1. The molecule has 0 saturated heterocycles. The number of benzene rings is 1. The third kappa shape index (κ3) is 3.88. The predicted molar refractivity (Wildman–Crippen MR) is 60.6 cm³/mol. The summed E-state index contributed by atoms with van der Waals surface area (Å²) in [6.07, 6.45) is 2.19. The lowest BCUT2D eigenvalue weighted by molar-refractivity contribution is 0.301. The van der Waals surface area contributed by atoms with Crippen LogP contribution in [0.4, 0.5) is 10.1 Å². The van der Waals surface area contributed by atoms with Crippen LogP contribution in [0.2, 0.25) is 0 Å². The van der Waals surface area contributed by atoms with Gasteiger partial charge in [-0.3, -0.25) is 0 Å². The highest BCUT2D eigenvalue weighted by molar-refractivity contribution is 5.46. The summed E-state index contributed by atoms with van der Waals surface area (Å²) in [4.78, 5) is 2.07. The van der Waals surface area contributed by atoms with Crippen LogP contribution >= 0.6 is 0 Å². The highest BCUT2D eigenvalue weighted by Gasteiger charge is 2.04. The fraction of sp³-hybridized carbons (Fsp3) is 0.500. The Hall–Kier alpha value is -1.09. The average molecular weight is 211 g/mol. The van der Waals surface area contributed by atoms with Gasteiger partial charge in [0.15, 0.2) is 0 Å². The molecule has 2 nitrogen and oxygen atoms in total. The summed E-state index contributed by atoms with van der Waals surface area (Å²) in [5.41, 5.74) is 0.971. The highest BCUT2D eigenvalue weighted by atomic mass is 19.1. The Morgan fingerprint density at radius 1 is 1.20 bits per heavy atom. The highest BCUT2D eigenvalue weighted by Crippen LogP contribution is 2.15. The molecule has 0 unspecified atom stereocenters. The van der Waals surface area contributed by atoms with Crippen LogP contribution in [0.25, 0.3) is 0 Å². The quantitative estimate of drug-likeness (QED) is 0.781. The molecule has 1 N–H and O–H groups in total. The first-order chi connectivity index (χ1) is 7.27. The Labute approximate surface area is 90.3 Å². The van der Waals surface area contributed by atoms with Gasteiger partial charge in [-0.15, -0.1) is 0 Å². The van der Waals surface area contributed by atoms with Gasteiger partial charge in [0, 0.05) is 18.8 Å². The van der Waals surface area contributed by atoms with Gasteiger partial charge in [-0.2, -0.15) is 0 Å². The molecular weight excluding hydrogens is 193 g/mol. The van der Waals surface area contributed by atoms with Crippen LogP contribution in [0.15, 0.2) is 24.3 Å². The summed E-state index contributed by atoms with van der Waals surface area (Å²) < 4.78 is 12.7. The zero-order chi connectivity index (χ0) is 11.1. The number of halogens is 1. The van der Waals surface area contributed by atoms with E-state index in [9.17, 15) is 4.39 Å². The smallest absolute Gasteiger partial charge is 0.123 e. The van der Waals surface area contributed by atoms with E-state index < -0.39 is 0 Å². The van der Waals surface area contributed by atoms with E-state index >= 15 is 0 Å². The lowest BCUT2D eigenvalue weighted by Gasteiger charge is -2.23. The fourth-order valence-corrected chi connectivity index (χ4v) is 1.49. The first-order valence-electron chi connectivity index (χ1n) is 5.39. The van der Waals surface area contributed by atoms with Crippen molar-refractivity contribution < 1.29 is 9.50 Å². The van der Waals surface area contributed by atoms with Crippen molar-refractivity contribution in [3.8, 4) is 0 Å². The molecule has 0 atom stereocenters. The molecule has 1 rings (SSSR count). The van der Waals surface area contributed by atoms with E-state index in [0.29, 0.717) is 6.54 Å². The van der Waals surface area contributed by atoms with Crippen LogP contribution in [0.1, 0.15) is 19.8 Å². The van der Waals surface area contributed by atoms with Crippen molar-refractivity contribution in [2.24, 2.45) is 0 Å². The van der Waals surface area contributed by atoms with Gasteiger partial charge in [0.1, 0.15) is 5.82 Å². The van der Waals surface area contributed by atoms with Crippen LogP contribution in [0.3, 0.4) is 0 Å². The van der Waals surface area contributed by atoms with Crippen LogP contribution in [0.5, 0.6) is 0 Å². The lowest BCUT2D eigenvalue weighted by Crippen LogP contribution is -2.27. The minimum atomic E-state index is -0.224. The van der Waals surface area contributed by atoms with Gasteiger partial charge in [0.25, 0.3) is 0 Å². The summed E-state index contributed by atoms with van der Waals surface area (Å²) in [5, 5.41) is 8.94. The zero-order valence-corrected chi connectivity index (χ0v) is 9.12. The van der Waals surface area contributed by atoms with Crippen molar-refractivity contribution in [1.82, 2.24) is 0 Å². The summed E-state index contributed by atoms with van der Waals surface area (Å²) in [7, 11) is 0. The van der Waals surface area contributed by atoms with Crippen LogP contribution in [-0.4, -0.2) is 24.8 Å². The maximum atomic E-state index is 12.7. The number of hydrogen-bond acceptors (Lipinski definition) is 2. The third-order valence-electron chi connectivity index (χ3n) is 2.34. The first kappa shape index (κ1) is 12.0. The molecule has 0 bridgehead atoms. The van der Waals surface area contributed by atoms with Crippen molar-refractivity contribution in [3.05, 3.63) is 30.1 Å². The van der Waals surface area contributed by atoms with E-state index in [0.717, 1.165) is 25.1 Å². The number of rotatable bonds is 6. The molecule has 0 aliphatic rings. The summed E-state index contributed by atoms with van der Waals surface area (Å²) in [6.45, 7) is 3.76. The number of unbranched alkanes of at least 4 members (excludes halogenated alkanes) is 1. The third-order valence-corrected chi connectivity index (χ3v) is 2.34. The van der Waals surface area contributed by atoms with Gasteiger partial charge < -0.3 is 10.0 Å². The summed E-state index contributed by atoms with van der Waals surface area (Å²) >= 11 is 0. The lowest BCUT2D eigenvalue weighted by atomic mass is 10.2. The van der Waals surface area contributed by atoms with Crippen LogP contribution in [-0.2, 0) is 0 Å². The zero-order valence-electron chi connectivity index (χ0n) is 9.12. The van der Waals surface area contributed by atoms with Gasteiger partial charge in [0.05, 0.1) is 6.61 Å². The van der Waals surface area contributed by atoms with Gasteiger partial charge in [-0.1, -0.05) is 13.3 Å². The molecule has 1 aromatic rings. The van der Waals surface area contributed by atoms with Crippen molar-refractivity contribution in [2.75, 3.05) is 24.6 Å². The normalized spacial score (nSPS) is 10.3. The number of anilines is 1. The minimum Gasteiger partial charge on any atom is -0.395 e. The Bertz CT molecular complexity index is 273. The molecule has 15 heavy (non-hydrogen) atoms. The Kier molecular flexibility index (Phi) is 5.12. The molecule has 1 aromatic carbocycles. The first-order valence-corrected chi connectivity index (χ1v) is 5.39. The number of aliphatic hydroxyl groups excluding tert-OH is 1. The second-order valence-electron chi connectivity index (χ2n) is 3.54. The Balaban J connectivity index is 2.65. The maximum Gasteiger partial charge on any atom is 0.123 e. The van der Waals surface area contributed by atoms with E-state index in [-0.39, 0.29) is 12.4 Å². The second kappa shape index (κ2) is 6.40. The maximum absolute atomic E-state index is 12.7. The van der Waals surface area contributed by atoms with Crippen LogP contribution < -0.4 is 4.90 Å². The van der Waals surface area contributed by atoms with Gasteiger partial charge in [0.2, 0.25) is 0 Å². The topological polar surface area (TPSA) is 23.5 Å². The van der Waals surface area contributed by atoms with Crippen molar-refractivity contribution in [1.29, 1.82) is 0 Å². The number of nitrogens with zero attached hydrogens (tertiary/aromatic N) is 1. The largest absolute Gasteiger partial charge is 0.395 e. The molecule has 0 spiro atoms. The molecular formula is C12H18FNO. The van der Waals surface area contributed by atoms with E-state index in [4.69, 9.17) is 5.11 Å². The molecule has 0 aliphatic carbocycles. The molecule has 0 heterocycles.